The zero-order valence-corrected chi connectivity index (χ0v) is 13.5. The molecule has 0 bridgehead atoms. The monoisotopic (exact) mass is 355 g/mol. The Balaban J connectivity index is 1.89. The molecular weight excluding hydrogens is 343 g/mol. The Morgan fingerprint density at radius 2 is 1.62 bits per heavy atom. The Kier molecular flexibility index (Phi) is 3.80. The van der Waals surface area contributed by atoms with Crippen molar-refractivity contribution in [2.24, 2.45) is 7.05 Å². The van der Waals surface area contributed by atoms with E-state index in [9.17, 15) is 13.2 Å². The molecule has 0 amide bonds. The van der Waals surface area contributed by atoms with Crippen molar-refractivity contribution in [2.45, 2.75) is 0 Å². The fourth-order valence-corrected chi connectivity index (χ4v) is 2.56. The molecule has 1 N–H and O–H groups in total. The van der Waals surface area contributed by atoms with Crippen LogP contribution < -0.4 is 5.32 Å². The maximum Gasteiger partial charge on any atom is 0.165 e. The molecule has 0 aliphatic heterocycles. The molecule has 2 aromatic carbocycles. The first-order valence-electron chi connectivity index (χ1n) is 7.69. The second-order valence-corrected chi connectivity index (χ2v) is 5.65. The average Bonchev–Trinajstić information content (AvgIpc) is 3.00. The summed E-state index contributed by atoms with van der Waals surface area (Å²) in [5.74, 6) is -1.46. The number of para-hydroxylation sites is 1. The van der Waals surface area contributed by atoms with Crippen molar-refractivity contribution < 1.29 is 13.2 Å². The van der Waals surface area contributed by atoms with Gasteiger partial charge < -0.3 is 9.88 Å². The van der Waals surface area contributed by atoms with Crippen LogP contribution in [0.15, 0.2) is 48.8 Å². The van der Waals surface area contributed by atoms with E-state index in [0.29, 0.717) is 16.7 Å². The molecule has 5 nitrogen and oxygen atoms in total. The van der Waals surface area contributed by atoms with Gasteiger partial charge in [0.05, 0.1) is 6.33 Å². The number of benzene rings is 2. The highest BCUT2D eigenvalue weighted by molar-refractivity contribution is 5.87. The summed E-state index contributed by atoms with van der Waals surface area (Å²) in [7, 11) is 1.74. The summed E-state index contributed by atoms with van der Waals surface area (Å²) in [6, 6.07) is 9.19. The third-order valence-electron chi connectivity index (χ3n) is 3.87. The third-order valence-corrected chi connectivity index (χ3v) is 3.87. The molecule has 0 fully saturated rings. The molecule has 2 heterocycles. The van der Waals surface area contributed by atoms with Gasteiger partial charge in [0.2, 0.25) is 0 Å². The molecule has 8 heteroatoms. The first-order valence-corrected chi connectivity index (χ1v) is 7.69. The number of aromatic nitrogens is 4. The molecule has 0 unspecified atom stereocenters. The van der Waals surface area contributed by atoms with Crippen LogP contribution in [0, 0.1) is 17.5 Å². The highest BCUT2D eigenvalue weighted by Gasteiger charge is 2.16. The molecule has 0 aliphatic carbocycles. The lowest BCUT2D eigenvalue weighted by atomic mass is 10.2. The summed E-state index contributed by atoms with van der Waals surface area (Å²) in [6.07, 6.45) is 1.52. The quantitative estimate of drug-likeness (QED) is 0.599. The maximum atomic E-state index is 14.0. The van der Waals surface area contributed by atoms with Crippen LogP contribution in [0.25, 0.3) is 22.6 Å². The van der Waals surface area contributed by atoms with Crippen molar-refractivity contribution >= 4 is 22.7 Å². The van der Waals surface area contributed by atoms with Gasteiger partial charge >= 0.3 is 0 Å². The molecule has 0 aliphatic rings. The van der Waals surface area contributed by atoms with Gasteiger partial charge in [-0.3, -0.25) is 0 Å². The summed E-state index contributed by atoms with van der Waals surface area (Å²) in [5, 5.41) is 2.67. The van der Waals surface area contributed by atoms with Gasteiger partial charge in [0.15, 0.2) is 22.8 Å². The van der Waals surface area contributed by atoms with E-state index in [2.05, 4.69) is 20.3 Å². The Labute approximate surface area is 146 Å². The molecule has 0 saturated heterocycles. The zero-order valence-electron chi connectivity index (χ0n) is 13.5. The van der Waals surface area contributed by atoms with Gasteiger partial charge in [-0.25, -0.2) is 28.1 Å². The lowest BCUT2D eigenvalue weighted by molar-refractivity contribution is 0.590. The van der Waals surface area contributed by atoms with E-state index in [1.54, 1.807) is 11.6 Å². The van der Waals surface area contributed by atoms with Gasteiger partial charge in [-0.05, 0) is 36.4 Å². The van der Waals surface area contributed by atoms with E-state index < -0.39 is 11.6 Å². The molecule has 130 valence electrons. The van der Waals surface area contributed by atoms with Gasteiger partial charge in [-0.2, -0.15) is 0 Å². The Morgan fingerprint density at radius 1 is 0.923 bits per heavy atom. The summed E-state index contributed by atoms with van der Waals surface area (Å²) in [4.78, 5) is 13.0. The fourth-order valence-electron chi connectivity index (χ4n) is 2.56. The van der Waals surface area contributed by atoms with Crippen molar-refractivity contribution in [3.05, 3.63) is 66.2 Å². The lowest BCUT2D eigenvalue weighted by Crippen LogP contribution is -2.03. The van der Waals surface area contributed by atoms with Crippen molar-refractivity contribution in [2.75, 3.05) is 5.32 Å². The van der Waals surface area contributed by atoms with E-state index in [0.717, 1.165) is 12.1 Å². The van der Waals surface area contributed by atoms with Crippen LogP contribution in [-0.2, 0) is 7.05 Å². The van der Waals surface area contributed by atoms with Gasteiger partial charge in [-0.1, -0.05) is 6.07 Å². The number of anilines is 2. The third kappa shape index (κ3) is 2.75. The van der Waals surface area contributed by atoms with Crippen LogP contribution >= 0.6 is 0 Å². The van der Waals surface area contributed by atoms with Crippen molar-refractivity contribution in [3.8, 4) is 11.4 Å². The Hall–Kier alpha value is -3.42. The molecule has 0 spiro atoms. The first-order chi connectivity index (χ1) is 12.5. The highest BCUT2D eigenvalue weighted by Crippen LogP contribution is 2.28. The summed E-state index contributed by atoms with van der Waals surface area (Å²) < 4.78 is 42.8. The number of nitrogens with zero attached hydrogens (tertiary/aromatic N) is 4. The number of fused-ring (bicyclic) bond motifs is 1. The molecule has 0 saturated carbocycles. The zero-order chi connectivity index (χ0) is 18.3. The maximum absolute atomic E-state index is 14.0. The number of nitrogens with one attached hydrogen (secondary N) is 1. The number of aryl methyl sites for hydroxylation is 1. The summed E-state index contributed by atoms with van der Waals surface area (Å²) >= 11 is 0. The second-order valence-electron chi connectivity index (χ2n) is 5.65. The van der Waals surface area contributed by atoms with Crippen LogP contribution in [0.5, 0.6) is 0 Å². The predicted molar refractivity (Wildman–Crippen MR) is 91.3 cm³/mol. The average molecular weight is 355 g/mol. The number of imidazole rings is 1. The van der Waals surface area contributed by atoms with E-state index in [1.807, 2.05) is 0 Å². The minimum absolute atomic E-state index is 0.152. The molecule has 2 aromatic heterocycles. The van der Waals surface area contributed by atoms with Crippen molar-refractivity contribution in [3.63, 3.8) is 0 Å². The topological polar surface area (TPSA) is 55.6 Å². The predicted octanol–water partition coefficient (Wildman–Crippen LogP) is 4.19. The normalized spacial score (nSPS) is 11.1. The largest absolute Gasteiger partial charge is 0.333 e. The lowest BCUT2D eigenvalue weighted by Gasteiger charge is -2.10. The minimum atomic E-state index is -0.754. The van der Waals surface area contributed by atoms with E-state index >= 15 is 0 Å². The molecule has 26 heavy (non-hydrogen) atoms. The van der Waals surface area contributed by atoms with E-state index in [1.165, 1.54) is 36.7 Å². The number of rotatable bonds is 3. The van der Waals surface area contributed by atoms with Crippen LogP contribution in [0.3, 0.4) is 0 Å². The molecule has 0 radical (unpaired) electrons. The number of hydrogen-bond donors (Lipinski definition) is 1. The van der Waals surface area contributed by atoms with E-state index in [-0.39, 0.29) is 23.1 Å². The van der Waals surface area contributed by atoms with E-state index in [4.69, 9.17) is 0 Å². The molecular formula is C18H12F3N5. The molecule has 4 aromatic rings. The van der Waals surface area contributed by atoms with Gasteiger partial charge in [0, 0.05) is 12.6 Å². The smallest absolute Gasteiger partial charge is 0.165 e. The standard InChI is InChI=1S/C18H12F3N5/c1-26-9-22-15-17(23-14-12(20)3-2-4-13(14)21)24-16(25-18(15)26)10-5-7-11(19)8-6-10/h2-9H,1H3,(H,23,24,25). The van der Waals surface area contributed by atoms with Crippen LogP contribution in [0.2, 0.25) is 0 Å². The summed E-state index contributed by atoms with van der Waals surface area (Å²) in [6.45, 7) is 0. The fraction of sp³-hybridized carbons (Fsp3) is 0.0556. The molecule has 0 atom stereocenters. The van der Waals surface area contributed by atoms with Crippen LogP contribution in [-0.4, -0.2) is 19.5 Å². The highest BCUT2D eigenvalue weighted by atomic mass is 19.1. The van der Waals surface area contributed by atoms with Gasteiger partial charge in [-0.15, -0.1) is 0 Å². The van der Waals surface area contributed by atoms with Crippen molar-refractivity contribution in [1.82, 2.24) is 19.5 Å². The minimum Gasteiger partial charge on any atom is -0.333 e. The van der Waals surface area contributed by atoms with Crippen LogP contribution in [0.1, 0.15) is 0 Å². The SMILES string of the molecule is Cn1cnc2c(Nc3c(F)cccc3F)nc(-c3ccc(F)cc3)nc21. The van der Waals surface area contributed by atoms with Gasteiger partial charge in [0.1, 0.15) is 23.1 Å². The molecule has 4 rings (SSSR count). The van der Waals surface area contributed by atoms with Gasteiger partial charge in [0.25, 0.3) is 0 Å². The first kappa shape index (κ1) is 16.1. The Bertz CT molecular complexity index is 1090. The summed E-state index contributed by atoms with van der Waals surface area (Å²) in [5.41, 5.74) is 1.06. The van der Waals surface area contributed by atoms with Crippen molar-refractivity contribution in [1.29, 1.82) is 0 Å². The second kappa shape index (κ2) is 6.14. The van der Waals surface area contributed by atoms with Crippen LogP contribution in [0.4, 0.5) is 24.7 Å². The number of hydrogen-bond acceptors (Lipinski definition) is 4. The Morgan fingerprint density at radius 3 is 2.31 bits per heavy atom. The number of halogens is 3.